The Morgan fingerprint density at radius 2 is 1.77 bits per heavy atom. The van der Waals surface area contributed by atoms with Gasteiger partial charge in [0.2, 0.25) is 10.0 Å². The van der Waals surface area contributed by atoms with Gasteiger partial charge in [0.05, 0.1) is 18.1 Å². The van der Waals surface area contributed by atoms with Gasteiger partial charge in [0.1, 0.15) is 6.54 Å². The number of alkyl halides is 3. The van der Waals surface area contributed by atoms with Crippen molar-refractivity contribution in [3.8, 4) is 0 Å². The summed E-state index contributed by atoms with van der Waals surface area (Å²) in [5.74, 6) is -0.938. The minimum absolute atomic E-state index is 0.0697. The van der Waals surface area contributed by atoms with E-state index in [1.165, 1.54) is 0 Å². The Morgan fingerprint density at radius 1 is 1.12 bits per heavy atom. The topological polar surface area (TPSA) is 93.7 Å². The van der Waals surface area contributed by atoms with Gasteiger partial charge in [-0.3, -0.25) is 4.79 Å². The van der Waals surface area contributed by atoms with Crippen molar-refractivity contribution < 1.29 is 35.9 Å². The monoisotopic (exact) mass is 398 g/mol. The second-order valence-corrected chi connectivity index (χ2v) is 6.95. The van der Waals surface area contributed by atoms with E-state index < -0.39 is 28.7 Å². The van der Waals surface area contributed by atoms with Gasteiger partial charge in [-0.05, 0) is 30.7 Å². The predicted octanol–water partition coefficient (Wildman–Crippen LogP) is 1.31. The minimum atomic E-state index is -4.52. The quantitative estimate of drug-likeness (QED) is 0.548. The third-order valence-corrected chi connectivity index (χ3v) is 4.54. The van der Waals surface area contributed by atoms with Crippen LogP contribution in [0.4, 0.5) is 13.2 Å². The Kier molecular flexibility index (Phi) is 8.99. The summed E-state index contributed by atoms with van der Waals surface area (Å²) in [6.45, 7) is -0.0665. The Morgan fingerprint density at radius 3 is 2.35 bits per heavy atom. The van der Waals surface area contributed by atoms with Gasteiger partial charge in [-0.1, -0.05) is 0 Å². The van der Waals surface area contributed by atoms with E-state index in [1.54, 1.807) is 12.4 Å². The number of carbonyl (C=O) groups excluding carboxylic acids is 1. The van der Waals surface area contributed by atoms with Gasteiger partial charge in [-0.25, -0.2) is 13.1 Å². The van der Waals surface area contributed by atoms with Crippen molar-refractivity contribution in [3.63, 3.8) is 0 Å². The molecular weight excluding hydrogens is 377 g/mol. The summed E-state index contributed by atoms with van der Waals surface area (Å²) in [5, 5.41) is 1.71. The Balaban J connectivity index is 2.49. The van der Waals surface area contributed by atoms with Crippen molar-refractivity contribution in [3.05, 3.63) is 29.8 Å². The molecule has 0 fully saturated rings. The summed E-state index contributed by atoms with van der Waals surface area (Å²) < 4.78 is 72.7. The first kappa shape index (κ1) is 22.4. The highest BCUT2D eigenvalue weighted by Crippen LogP contribution is 2.14. The fourth-order valence-electron chi connectivity index (χ4n) is 1.78. The molecule has 0 aromatic heterocycles. The van der Waals surface area contributed by atoms with E-state index in [-0.39, 0.29) is 17.0 Å². The third kappa shape index (κ3) is 8.61. The van der Waals surface area contributed by atoms with Crippen LogP contribution in [0.5, 0.6) is 0 Å². The second kappa shape index (κ2) is 10.5. The molecule has 0 unspecified atom stereocenters. The molecule has 148 valence electrons. The molecule has 1 aromatic carbocycles. The lowest BCUT2D eigenvalue weighted by molar-refractivity contribution is -0.123. The predicted molar refractivity (Wildman–Crippen MR) is 87.3 cm³/mol. The van der Waals surface area contributed by atoms with E-state index in [0.717, 1.165) is 24.3 Å². The molecule has 1 aromatic rings. The molecule has 0 aliphatic rings. The zero-order valence-corrected chi connectivity index (χ0v) is 15.0. The number of amides is 1. The average molecular weight is 398 g/mol. The third-order valence-electron chi connectivity index (χ3n) is 3.07. The van der Waals surface area contributed by atoms with Gasteiger partial charge in [-0.2, -0.15) is 13.2 Å². The zero-order valence-electron chi connectivity index (χ0n) is 14.1. The zero-order chi connectivity index (χ0) is 19.6. The molecule has 1 rings (SSSR count). The Hall–Kier alpha value is -1.69. The number of halogens is 3. The van der Waals surface area contributed by atoms with Crippen LogP contribution < -0.4 is 10.0 Å². The van der Waals surface area contributed by atoms with Crippen molar-refractivity contribution >= 4 is 15.9 Å². The molecule has 0 saturated heterocycles. The summed E-state index contributed by atoms with van der Waals surface area (Å²) in [7, 11) is -2.23. The molecule has 0 heterocycles. The summed E-state index contributed by atoms with van der Waals surface area (Å²) in [6, 6.07) is 4.60. The van der Waals surface area contributed by atoms with E-state index in [4.69, 9.17) is 9.47 Å². The highest BCUT2D eigenvalue weighted by atomic mass is 32.2. The molecule has 26 heavy (non-hydrogen) atoms. The van der Waals surface area contributed by atoms with Crippen molar-refractivity contribution in [2.75, 3.05) is 40.0 Å². The van der Waals surface area contributed by atoms with Gasteiger partial charge in [-0.15, -0.1) is 0 Å². The number of nitrogens with one attached hydrogen (secondary N) is 2. The number of rotatable bonds is 11. The number of hydrogen-bond donors (Lipinski definition) is 2. The van der Waals surface area contributed by atoms with E-state index in [9.17, 15) is 26.4 Å². The van der Waals surface area contributed by atoms with E-state index in [1.807, 2.05) is 0 Å². The van der Waals surface area contributed by atoms with Gasteiger partial charge in [0.15, 0.2) is 0 Å². The Bertz CT molecular complexity index is 663. The largest absolute Gasteiger partial charge is 0.405 e. The molecule has 1 amide bonds. The number of methoxy groups -OCH3 is 1. The lowest BCUT2D eigenvalue weighted by Gasteiger charge is -2.10. The maximum Gasteiger partial charge on any atom is 0.405 e. The smallest absolute Gasteiger partial charge is 0.382 e. The average Bonchev–Trinajstić information content (AvgIpc) is 2.58. The molecule has 11 heteroatoms. The standard InChI is InChI=1S/C15H21F3N2O5S/c1-24-9-10-25-8-2-7-20-26(22,23)13-5-3-12(4-6-13)14(21)19-11-15(16,17)18/h3-6,20H,2,7-11H2,1H3,(H,19,21). The molecule has 7 nitrogen and oxygen atoms in total. The highest BCUT2D eigenvalue weighted by molar-refractivity contribution is 7.89. The van der Waals surface area contributed by atoms with Crippen LogP contribution in [0.3, 0.4) is 0 Å². The molecular formula is C15H21F3N2O5S. The van der Waals surface area contributed by atoms with Gasteiger partial charge in [0, 0.05) is 25.8 Å². The molecule has 2 N–H and O–H groups in total. The van der Waals surface area contributed by atoms with Crippen LogP contribution in [-0.2, 0) is 19.5 Å². The van der Waals surface area contributed by atoms with Crippen molar-refractivity contribution in [2.24, 2.45) is 0 Å². The Labute approximate surface area is 149 Å². The van der Waals surface area contributed by atoms with E-state index in [2.05, 4.69) is 4.72 Å². The van der Waals surface area contributed by atoms with Crippen LogP contribution in [0.15, 0.2) is 29.2 Å². The lowest BCUT2D eigenvalue weighted by Crippen LogP contribution is -2.33. The maximum atomic E-state index is 12.1. The normalized spacial score (nSPS) is 12.2. The highest BCUT2D eigenvalue weighted by Gasteiger charge is 2.28. The van der Waals surface area contributed by atoms with E-state index in [0.29, 0.717) is 26.2 Å². The molecule has 0 aliphatic heterocycles. The second-order valence-electron chi connectivity index (χ2n) is 5.18. The number of carbonyl (C=O) groups is 1. The van der Waals surface area contributed by atoms with Crippen LogP contribution >= 0.6 is 0 Å². The number of hydrogen-bond acceptors (Lipinski definition) is 5. The number of benzene rings is 1. The lowest BCUT2D eigenvalue weighted by atomic mass is 10.2. The van der Waals surface area contributed by atoms with Gasteiger partial charge >= 0.3 is 6.18 Å². The maximum absolute atomic E-state index is 12.1. The van der Waals surface area contributed by atoms with E-state index >= 15 is 0 Å². The summed E-state index contributed by atoms with van der Waals surface area (Å²) >= 11 is 0. The van der Waals surface area contributed by atoms with Gasteiger partial charge < -0.3 is 14.8 Å². The molecule has 0 aliphatic carbocycles. The van der Waals surface area contributed by atoms with Crippen LogP contribution in [0, 0.1) is 0 Å². The van der Waals surface area contributed by atoms with Crippen LogP contribution in [-0.4, -0.2) is 60.5 Å². The van der Waals surface area contributed by atoms with Crippen LogP contribution in [0.2, 0.25) is 0 Å². The SMILES string of the molecule is COCCOCCCNS(=O)(=O)c1ccc(C(=O)NCC(F)(F)F)cc1. The van der Waals surface area contributed by atoms with Crippen LogP contribution in [0.25, 0.3) is 0 Å². The molecule has 0 atom stereocenters. The number of sulfonamides is 1. The van der Waals surface area contributed by atoms with Crippen LogP contribution in [0.1, 0.15) is 16.8 Å². The van der Waals surface area contributed by atoms with Crippen molar-refractivity contribution in [1.29, 1.82) is 0 Å². The molecule has 0 spiro atoms. The summed E-state index contributed by atoms with van der Waals surface area (Å²) in [6.07, 6.45) is -4.06. The van der Waals surface area contributed by atoms with Crippen molar-refractivity contribution in [1.82, 2.24) is 10.0 Å². The van der Waals surface area contributed by atoms with Crippen molar-refractivity contribution in [2.45, 2.75) is 17.5 Å². The first-order valence-corrected chi connectivity index (χ1v) is 9.15. The summed E-state index contributed by atoms with van der Waals surface area (Å²) in [4.78, 5) is 11.5. The minimum Gasteiger partial charge on any atom is -0.382 e. The summed E-state index contributed by atoms with van der Waals surface area (Å²) in [5.41, 5.74) is -0.0697. The fourth-order valence-corrected chi connectivity index (χ4v) is 2.85. The van der Waals surface area contributed by atoms with Gasteiger partial charge in [0.25, 0.3) is 5.91 Å². The molecule has 0 bridgehead atoms. The first-order valence-electron chi connectivity index (χ1n) is 7.67. The fraction of sp³-hybridized carbons (Fsp3) is 0.533. The number of ether oxygens (including phenoxy) is 2. The molecule has 0 saturated carbocycles. The molecule has 0 radical (unpaired) electrons. The first-order chi connectivity index (χ1) is 12.2.